The molecule has 1 fully saturated rings. The number of rotatable bonds is 4. The van der Waals surface area contributed by atoms with E-state index in [1.807, 2.05) is 12.1 Å². The van der Waals surface area contributed by atoms with Gasteiger partial charge in [0.1, 0.15) is 18.4 Å². The van der Waals surface area contributed by atoms with Crippen molar-refractivity contribution >= 4 is 11.4 Å². The van der Waals surface area contributed by atoms with E-state index in [4.69, 9.17) is 4.74 Å². The van der Waals surface area contributed by atoms with Gasteiger partial charge in [-0.3, -0.25) is 9.59 Å². The second-order valence-corrected chi connectivity index (χ2v) is 6.50. The number of amides is 1. The van der Waals surface area contributed by atoms with Gasteiger partial charge in [-0.15, -0.1) is 0 Å². The molecule has 0 atom stereocenters. The number of carbonyl (C=O) groups excluding carboxylic acids is 1. The zero-order chi connectivity index (χ0) is 18.8. The van der Waals surface area contributed by atoms with Crippen LogP contribution in [0.15, 0.2) is 41.5 Å². The minimum Gasteiger partial charge on any atom is -0.378 e. The fourth-order valence-corrected chi connectivity index (χ4v) is 3.14. The standard InChI is InChI=1S/C19H21N5O3/c1-2-14-3-5-15(6-4-14)16-11-17-19(26)23(20-13-24(17)21-16)12-18(25)22-7-9-27-10-8-22/h3-6,11,13H,2,7-10,12H2,1H3. The van der Waals surface area contributed by atoms with Gasteiger partial charge in [0.05, 0.1) is 18.9 Å². The first-order valence-corrected chi connectivity index (χ1v) is 9.06. The van der Waals surface area contributed by atoms with Crippen molar-refractivity contribution in [3.8, 4) is 11.3 Å². The molecule has 1 aromatic carbocycles. The third-order valence-corrected chi connectivity index (χ3v) is 4.80. The SMILES string of the molecule is CCc1ccc(-c2cc3c(=O)n(CC(=O)N4CCOCC4)ncn3n2)cc1. The van der Waals surface area contributed by atoms with Crippen molar-refractivity contribution in [2.24, 2.45) is 0 Å². The summed E-state index contributed by atoms with van der Waals surface area (Å²) in [5.41, 5.74) is 2.95. The Morgan fingerprint density at radius 2 is 1.93 bits per heavy atom. The lowest BCUT2D eigenvalue weighted by Gasteiger charge is -2.26. The quantitative estimate of drug-likeness (QED) is 0.687. The van der Waals surface area contributed by atoms with E-state index >= 15 is 0 Å². The zero-order valence-corrected chi connectivity index (χ0v) is 15.2. The van der Waals surface area contributed by atoms with Gasteiger partial charge in [0, 0.05) is 18.7 Å². The second-order valence-electron chi connectivity index (χ2n) is 6.50. The van der Waals surface area contributed by atoms with Gasteiger partial charge in [-0.25, -0.2) is 9.20 Å². The summed E-state index contributed by atoms with van der Waals surface area (Å²) >= 11 is 0. The van der Waals surface area contributed by atoms with E-state index in [1.54, 1.807) is 11.0 Å². The topological polar surface area (TPSA) is 81.7 Å². The van der Waals surface area contributed by atoms with Gasteiger partial charge in [-0.1, -0.05) is 31.2 Å². The van der Waals surface area contributed by atoms with E-state index in [-0.39, 0.29) is 18.0 Å². The van der Waals surface area contributed by atoms with E-state index in [0.717, 1.165) is 12.0 Å². The van der Waals surface area contributed by atoms with Crippen molar-refractivity contribution in [2.45, 2.75) is 19.9 Å². The Morgan fingerprint density at radius 1 is 1.19 bits per heavy atom. The van der Waals surface area contributed by atoms with Crippen LogP contribution in [-0.2, 0) is 22.5 Å². The number of ether oxygens (including phenoxy) is 1. The van der Waals surface area contributed by atoms with Crippen LogP contribution in [-0.4, -0.2) is 56.5 Å². The summed E-state index contributed by atoms with van der Waals surface area (Å²) in [6.07, 6.45) is 2.44. The molecular weight excluding hydrogens is 346 g/mol. The summed E-state index contributed by atoms with van der Waals surface area (Å²) in [4.78, 5) is 26.8. The van der Waals surface area contributed by atoms with Crippen LogP contribution in [0.4, 0.5) is 0 Å². The van der Waals surface area contributed by atoms with E-state index in [2.05, 4.69) is 29.3 Å². The first-order valence-electron chi connectivity index (χ1n) is 9.06. The average molecular weight is 367 g/mol. The highest BCUT2D eigenvalue weighted by molar-refractivity contribution is 5.76. The summed E-state index contributed by atoms with van der Waals surface area (Å²) in [7, 11) is 0. The Balaban J connectivity index is 1.61. The van der Waals surface area contributed by atoms with Crippen LogP contribution in [0.1, 0.15) is 12.5 Å². The van der Waals surface area contributed by atoms with Crippen LogP contribution >= 0.6 is 0 Å². The molecule has 0 saturated carbocycles. The number of aryl methyl sites for hydroxylation is 1. The normalized spacial score (nSPS) is 14.6. The molecule has 3 aromatic rings. The Morgan fingerprint density at radius 3 is 2.63 bits per heavy atom. The molecule has 8 nitrogen and oxygen atoms in total. The predicted octanol–water partition coefficient (Wildman–Crippen LogP) is 0.979. The number of carbonyl (C=O) groups is 1. The Labute approximate surface area is 156 Å². The number of nitrogens with zero attached hydrogens (tertiary/aromatic N) is 5. The molecule has 0 bridgehead atoms. The average Bonchev–Trinajstić information content (AvgIpc) is 3.16. The lowest BCUT2D eigenvalue weighted by molar-refractivity contribution is -0.136. The Hall–Kier alpha value is -3.00. The highest BCUT2D eigenvalue weighted by Gasteiger charge is 2.19. The van der Waals surface area contributed by atoms with Crippen LogP contribution in [0.25, 0.3) is 16.8 Å². The van der Waals surface area contributed by atoms with Gasteiger partial charge in [0.15, 0.2) is 0 Å². The fourth-order valence-electron chi connectivity index (χ4n) is 3.14. The van der Waals surface area contributed by atoms with E-state index in [9.17, 15) is 9.59 Å². The van der Waals surface area contributed by atoms with Gasteiger partial charge >= 0.3 is 0 Å². The maximum Gasteiger partial charge on any atom is 0.293 e. The van der Waals surface area contributed by atoms with Crippen molar-refractivity contribution in [1.29, 1.82) is 0 Å². The summed E-state index contributed by atoms with van der Waals surface area (Å²) in [5.74, 6) is -0.132. The second kappa shape index (κ2) is 7.32. The summed E-state index contributed by atoms with van der Waals surface area (Å²) < 4.78 is 7.90. The Bertz CT molecular complexity index is 1020. The summed E-state index contributed by atoms with van der Waals surface area (Å²) in [5, 5.41) is 8.54. The number of hydrogen-bond acceptors (Lipinski definition) is 5. The molecule has 140 valence electrons. The van der Waals surface area contributed by atoms with Crippen LogP contribution in [0.3, 0.4) is 0 Å². The molecule has 1 amide bonds. The molecule has 2 aromatic heterocycles. The van der Waals surface area contributed by atoms with E-state index in [1.165, 1.54) is 21.1 Å². The molecular formula is C19H21N5O3. The van der Waals surface area contributed by atoms with Gasteiger partial charge in [0.2, 0.25) is 5.91 Å². The number of fused-ring (bicyclic) bond motifs is 1. The van der Waals surface area contributed by atoms with Crippen molar-refractivity contribution in [2.75, 3.05) is 26.3 Å². The molecule has 0 spiro atoms. The molecule has 0 aliphatic carbocycles. The minimum atomic E-state index is -0.331. The molecule has 27 heavy (non-hydrogen) atoms. The van der Waals surface area contributed by atoms with E-state index < -0.39 is 0 Å². The molecule has 1 aliphatic heterocycles. The lowest BCUT2D eigenvalue weighted by Crippen LogP contribution is -2.43. The summed E-state index contributed by atoms with van der Waals surface area (Å²) in [6, 6.07) is 9.83. The van der Waals surface area contributed by atoms with Gasteiger partial charge in [0.25, 0.3) is 5.56 Å². The molecule has 4 rings (SSSR count). The fraction of sp³-hybridized carbons (Fsp3) is 0.368. The maximum absolute atomic E-state index is 12.7. The highest BCUT2D eigenvalue weighted by atomic mass is 16.5. The number of hydrogen-bond donors (Lipinski definition) is 0. The van der Waals surface area contributed by atoms with Gasteiger partial charge in [-0.2, -0.15) is 10.2 Å². The predicted molar refractivity (Wildman–Crippen MR) is 99.5 cm³/mol. The van der Waals surface area contributed by atoms with Crippen molar-refractivity contribution in [3.05, 3.63) is 52.6 Å². The smallest absolute Gasteiger partial charge is 0.293 e. The van der Waals surface area contributed by atoms with Gasteiger partial charge < -0.3 is 9.64 Å². The largest absolute Gasteiger partial charge is 0.378 e. The highest BCUT2D eigenvalue weighted by Crippen LogP contribution is 2.19. The van der Waals surface area contributed by atoms with Crippen molar-refractivity contribution < 1.29 is 9.53 Å². The number of morpholine rings is 1. The zero-order valence-electron chi connectivity index (χ0n) is 15.2. The lowest BCUT2D eigenvalue weighted by atomic mass is 10.1. The Kier molecular flexibility index (Phi) is 4.72. The number of aromatic nitrogens is 4. The minimum absolute atomic E-state index is 0.0823. The van der Waals surface area contributed by atoms with Crippen molar-refractivity contribution in [3.63, 3.8) is 0 Å². The van der Waals surface area contributed by atoms with Crippen LogP contribution in [0.5, 0.6) is 0 Å². The van der Waals surface area contributed by atoms with Crippen molar-refractivity contribution in [1.82, 2.24) is 24.3 Å². The third-order valence-electron chi connectivity index (χ3n) is 4.80. The first kappa shape index (κ1) is 17.4. The van der Waals surface area contributed by atoms with Crippen LogP contribution in [0, 0.1) is 0 Å². The molecule has 1 aliphatic rings. The molecule has 0 radical (unpaired) electrons. The maximum atomic E-state index is 12.7. The monoisotopic (exact) mass is 367 g/mol. The molecule has 3 heterocycles. The van der Waals surface area contributed by atoms with Crippen LogP contribution < -0.4 is 5.56 Å². The number of benzene rings is 1. The molecule has 0 unspecified atom stereocenters. The third kappa shape index (κ3) is 3.48. The first-order chi connectivity index (χ1) is 13.2. The molecule has 0 N–H and O–H groups in total. The van der Waals surface area contributed by atoms with Crippen LogP contribution in [0.2, 0.25) is 0 Å². The van der Waals surface area contributed by atoms with E-state index in [0.29, 0.717) is 37.5 Å². The molecule has 1 saturated heterocycles. The summed E-state index contributed by atoms with van der Waals surface area (Å²) in [6.45, 7) is 4.15. The molecule has 8 heteroatoms. The van der Waals surface area contributed by atoms with Gasteiger partial charge in [-0.05, 0) is 18.1 Å².